The number of hydrogen-bond acceptors (Lipinski definition) is 4. The van der Waals surface area contributed by atoms with Gasteiger partial charge >= 0.3 is 0 Å². The van der Waals surface area contributed by atoms with Gasteiger partial charge in [-0.25, -0.2) is 0 Å². The number of carbonyl (C=O) groups is 2. The Morgan fingerprint density at radius 1 is 1.12 bits per heavy atom. The van der Waals surface area contributed by atoms with Crippen LogP contribution in [0.2, 0.25) is 0 Å². The highest BCUT2D eigenvalue weighted by atomic mass is 16.2. The average molecular weight is 361 g/mol. The van der Waals surface area contributed by atoms with E-state index in [0.29, 0.717) is 6.54 Å². The summed E-state index contributed by atoms with van der Waals surface area (Å²) >= 11 is 0. The summed E-state index contributed by atoms with van der Waals surface area (Å²) in [6.07, 6.45) is 1.21. The van der Waals surface area contributed by atoms with Crippen LogP contribution in [-0.2, 0) is 9.59 Å². The van der Waals surface area contributed by atoms with E-state index in [4.69, 9.17) is 0 Å². The number of benzene rings is 1. The van der Waals surface area contributed by atoms with Crippen LogP contribution in [0.4, 0.5) is 0 Å². The van der Waals surface area contributed by atoms with E-state index in [1.54, 1.807) is 0 Å². The van der Waals surface area contributed by atoms with Gasteiger partial charge in [-0.1, -0.05) is 29.8 Å². The summed E-state index contributed by atoms with van der Waals surface area (Å²) < 4.78 is 0. The van der Waals surface area contributed by atoms with Gasteiger partial charge in [0.25, 0.3) is 0 Å². The number of nitrogens with one attached hydrogen (secondary N) is 2. The Balaban J connectivity index is 1.74. The van der Waals surface area contributed by atoms with Gasteiger partial charge in [0.1, 0.15) is 0 Å². The molecule has 0 aliphatic carbocycles. The van der Waals surface area contributed by atoms with E-state index >= 15 is 0 Å². The minimum absolute atomic E-state index is 0.0253. The topological polar surface area (TPSA) is 64.7 Å². The first kappa shape index (κ1) is 20.4. The summed E-state index contributed by atoms with van der Waals surface area (Å²) in [7, 11) is 2.15. The van der Waals surface area contributed by atoms with Crippen LogP contribution in [0.25, 0.3) is 0 Å². The zero-order chi connectivity index (χ0) is 18.9. The fourth-order valence-electron chi connectivity index (χ4n) is 3.16. The van der Waals surface area contributed by atoms with Crippen molar-refractivity contribution in [1.82, 2.24) is 20.4 Å². The molecule has 1 aromatic rings. The van der Waals surface area contributed by atoms with Crippen molar-refractivity contribution in [3.63, 3.8) is 0 Å². The van der Waals surface area contributed by atoms with Crippen molar-refractivity contribution in [2.75, 3.05) is 46.3 Å². The van der Waals surface area contributed by atoms with Crippen molar-refractivity contribution < 1.29 is 9.59 Å². The summed E-state index contributed by atoms with van der Waals surface area (Å²) in [4.78, 5) is 28.6. The van der Waals surface area contributed by atoms with E-state index in [0.717, 1.165) is 50.3 Å². The Bertz CT molecular complexity index is 580. The molecule has 0 bridgehead atoms. The first-order valence-corrected chi connectivity index (χ1v) is 9.45. The molecule has 1 fully saturated rings. The number of piperazine rings is 1. The third kappa shape index (κ3) is 7.14. The summed E-state index contributed by atoms with van der Waals surface area (Å²) in [5, 5.41) is 5.87. The smallest absolute Gasteiger partial charge is 0.222 e. The maximum absolute atomic E-state index is 12.3. The fourth-order valence-corrected chi connectivity index (χ4v) is 3.16. The van der Waals surface area contributed by atoms with Gasteiger partial charge in [-0.05, 0) is 32.5 Å². The molecule has 1 aromatic carbocycles. The van der Waals surface area contributed by atoms with Crippen molar-refractivity contribution in [3.05, 3.63) is 35.4 Å². The maximum atomic E-state index is 12.3. The molecule has 1 saturated heterocycles. The van der Waals surface area contributed by atoms with E-state index in [2.05, 4.69) is 27.5 Å². The van der Waals surface area contributed by atoms with Gasteiger partial charge in [-0.2, -0.15) is 0 Å². The molecule has 0 spiro atoms. The SMILES string of the molecule is CC(=O)NC(CC(=O)NCCCN1CCN(C)CC1)c1ccc(C)cc1. The average Bonchev–Trinajstić information content (AvgIpc) is 2.60. The lowest BCUT2D eigenvalue weighted by atomic mass is 10.0. The van der Waals surface area contributed by atoms with Crippen LogP contribution in [0.5, 0.6) is 0 Å². The second-order valence-corrected chi connectivity index (χ2v) is 7.22. The highest BCUT2D eigenvalue weighted by Gasteiger charge is 2.17. The van der Waals surface area contributed by atoms with Gasteiger partial charge in [0.05, 0.1) is 12.5 Å². The van der Waals surface area contributed by atoms with Crippen LogP contribution in [0.15, 0.2) is 24.3 Å². The van der Waals surface area contributed by atoms with Crippen LogP contribution in [0.1, 0.15) is 36.9 Å². The molecule has 0 aromatic heterocycles. The van der Waals surface area contributed by atoms with E-state index in [1.165, 1.54) is 6.92 Å². The zero-order valence-corrected chi connectivity index (χ0v) is 16.3. The molecule has 1 aliphatic heterocycles. The fraction of sp³-hybridized carbons (Fsp3) is 0.600. The molecular formula is C20H32N4O2. The van der Waals surface area contributed by atoms with Gasteiger partial charge in [-0.15, -0.1) is 0 Å². The first-order chi connectivity index (χ1) is 12.4. The highest BCUT2D eigenvalue weighted by molar-refractivity contribution is 5.79. The van der Waals surface area contributed by atoms with Crippen molar-refractivity contribution >= 4 is 11.8 Å². The number of aryl methyl sites for hydroxylation is 1. The van der Waals surface area contributed by atoms with Crippen LogP contribution in [0, 0.1) is 6.92 Å². The van der Waals surface area contributed by atoms with Gasteiger partial charge in [0.15, 0.2) is 0 Å². The van der Waals surface area contributed by atoms with E-state index in [-0.39, 0.29) is 24.3 Å². The third-order valence-electron chi connectivity index (χ3n) is 4.82. The van der Waals surface area contributed by atoms with Gasteiger partial charge < -0.3 is 20.4 Å². The molecule has 0 saturated carbocycles. The van der Waals surface area contributed by atoms with E-state index in [1.807, 2.05) is 31.2 Å². The molecule has 2 N–H and O–H groups in total. The molecule has 1 unspecified atom stereocenters. The molecule has 6 heteroatoms. The van der Waals surface area contributed by atoms with Crippen LogP contribution >= 0.6 is 0 Å². The van der Waals surface area contributed by atoms with Gasteiger partial charge in [0.2, 0.25) is 11.8 Å². The number of amides is 2. The Morgan fingerprint density at radius 3 is 2.38 bits per heavy atom. The third-order valence-corrected chi connectivity index (χ3v) is 4.82. The number of hydrogen-bond donors (Lipinski definition) is 2. The lowest BCUT2D eigenvalue weighted by Crippen LogP contribution is -2.45. The summed E-state index contributed by atoms with van der Waals surface area (Å²) in [5.41, 5.74) is 2.11. The van der Waals surface area contributed by atoms with Crippen LogP contribution in [-0.4, -0.2) is 67.9 Å². The zero-order valence-electron chi connectivity index (χ0n) is 16.3. The maximum Gasteiger partial charge on any atom is 0.222 e. The molecule has 1 heterocycles. The Hall–Kier alpha value is -1.92. The monoisotopic (exact) mass is 360 g/mol. The molecule has 2 rings (SSSR count). The van der Waals surface area contributed by atoms with Crippen molar-refractivity contribution in [2.24, 2.45) is 0 Å². The highest BCUT2D eigenvalue weighted by Crippen LogP contribution is 2.17. The van der Waals surface area contributed by atoms with E-state index < -0.39 is 0 Å². The molecule has 1 aliphatic rings. The van der Waals surface area contributed by atoms with Crippen molar-refractivity contribution in [3.8, 4) is 0 Å². The Labute approximate surface area is 156 Å². The molecule has 26 heavy (non-hydrogen) atoms. The van der Waals surface area contributed by atoms with Gasteiger partial charge in [0, 0.05) is 39.6 Å². The number of likely N-dealkylation sites (N-methyl/N-ethyl adjacent to an activating group) is 1. The van der Waals surface area contributed by atoms with Crippen LogP contribution in [0.3, 0.4) is 0 Å². The summed E-state index contributed by atoms with van der Waals surface area (Å²) in [6.45, 7) is 9.61. The standard InChI is InChI=1S/C20H32N4O2/c1-16-5-7-18(8-6-16)19(22-17(2)25)15-20(26)21-9-4-10-24-13-11-23(3)12-14-24/h5-8,19H,4,9-15H2,1-3H3,(H,21,26)(H,22,25). The molecule has 2 amide bonds. The normalized spacial score (nSPS) is 16.9. The molecule has 6 nitrogen and oxygen atoms in total. The minimum atomic E-state index is -0.286. The van der Waals surface area contributed by atoms with Gasteiger partial charge in [-0.3, -0.25) is 9.59 Å². The Kier molecular flexibility index (Phi) is 8.06. The quantitative estimate of drug-likeness (QED) is 0.686. The Morgan fingerprint density at radius 2 is 1.77 bits per heavy atom. The van der Waals surface area contributed by atoms with E-state index in [9.17, 15) is 9.59 Å². The molecule has 0 radical (unpaired) electrons. The first-order valence-electron chi connectivity index (χ1n) is 9.45. The largest absolute Gasteiger partial charge is 0.356 e. The second-order valence-electron chi connectivity index (χ2n) is 7.22. The summed E-state index contributed by atoms with van der Waals surface area (Å²) in [5.74, 6) is -0.152. The van der Waals surface area contributed by atoms with Crippen LogP contribution < -0.4 is 10.6 Å². The summed E-state index contributed by atoms with van der Waals surface area (Å²) in [6, 6.07) is 7.65. The number of carbonyl (C=O) groups excluding carboxylic acids is 2. The minimum Gasteiger partial charge on any atom is -0.356 e. The number of nitrogens with zero attached hydrogens (tertiary/aromatic N) is 2. The molecule has 144 valence electrons. The van der Waals surface area contributed by atoms with Crippen molar-refractivity contribution in [2.45, 2.75) is 32.7 Å². The predicted octanol–water partition coefficient (Wildman–Crippen LogP) is 1.32. The number of rotatable bonds is 8. The molecular weight excluding hydrogens is 328 g/mol. The molecule has 1 atom stereocenters. The lowest BCUT2D eigenvalue weighted by molar-refractivity contribution is -0.122. The lowest BCUT2D eigenvalue weighted by Gasteiger charge is -2.32. The second kappa shape index (κ2) is 10.3. The van der Waals surface area contributed by atoms with Crippen molar-refractivity contribution in [1.29, 1.82) is 0 Å². The predicted molar refractivity (Wildman–Crippen MR) is 104 cm³/mol.